The number of phosphoric acid groups is 2. The van der Waals surface area contributed by atoms with E-state index in [1.165, 1.54) is 135 Å². The molecule has 0 bridgehead atoms. The highest BCUT2D eigenvalue weighted by Crippen LogP contribution is 2.45. The Kier molecular flexibility index (Phi) is 67.7. The van der Waals surface area contributed by atoms with Gasteiger partial charge in [0.15, 0.2) is 6.10 Å². The van der Waals surface area contributed by atoms with E-state index in [-0.39, 0.29) is 19.3 Å². The van der Waals surface area contributed by atoms with Gasteiger partial charge in [0.2, 0.25) is 0 Å². The quantitative estimate of drug-likeness (QED) is 0.0146. The summed E-state index contributed by atoms with van der Waals surface area (Å²) < 4.78 is 61.0. The monoisotopic (exact) mass is 1380 g/mol. The lowest BCUT2D eigenvalue weighted by atomic mass is 10.0. The van der Waals surface area contributed by atoms with Crippen molar-refractivity contribution >= 4 is 33.6 Å². The summed E-state index contributed by atoms with van der Waals surface area (Å²) >= 11 is 0. The fraction of sp³-hybridized carbons (Fsp3) is 0.753. The van der Waals surface area contributed by atoms with Crippen LogP contribution >= 0.6 is 15.6 Å². The summed E-state index contributed by atoms with van der Waals surface area (Å²) in [5, 5.41) is 20.6. The molecule has 0 spiro atoms. The van der Waals surface area contributed by atoms with Crippen LogP contribution in [0.2, 0.25) is 0 Å². The van der Waals surface area contributed by atoms with Crippen LogP contribution in [0.4, 0.5) is 0 Å². The summed E-state index contributed by atoms with van der Waals surface area (Å²) in [5.74, 6) is -1.59. The second kappa shape index (κ2) is 70.3. The third kappa shape index (κ3) is 71.6. The molecule has 0 fully saturated rings. The molecule has 0 aromatic carbocycles. The summed E-state index contributed by atoms with van der Waals surface area (Å²) in [5.41, 5.74) is 0. The molecule has 0 aromatic rings. The first kappa shape index (κ1) is 91.5. The van der Waals surface area contributed by atoms with Crippen molar-refractivity contribution in [1.82, 2.24) is 0 Å². The van der Waals surface area contributed by atoms with E-state index in [2.05, 4.69) is 118 Å². The number of hydrogen-bond donors (Lipinski definition) is 4. The molecule has 4 N–H and O–H groups in total. The molecule has 0 heterocycles. The summed E-state index contributed by atoms with van der Waals surface area (Å²) in [4.78, 5) is 58.4. The Morgan fingerprint density at radius 3 is 0.853 bits per heavy atom. The van der Waals surface area contributed by atoms with Gasteiger partial charge in [-0.1, -0.05) is 285 Å². The van der Waals surface area contributed by atoms with Gasteiger partial charge in [-0.2, -0.15) is 0 Å². The third-order valence-corrected chi connectivity index (χ3v) is 17.7. The van der Waals surface area contributed by atoms with Crippen LogP contribution in [0.15, 0.2) is 97.2 Å². The van der Waals surface area contributed by atoms with Gasteiger partial charge in [-0.05, 0) is 109 Å². The molecular weight excluding hydrogens is 1240 g/mol. The first-order valence-corrected chi connectivity index (χ1v) is 40.5. The van der Waals surface area contributed by atoms with Crippen LogP contribution in [-0.4, -0.2) is 95.9 Å². The van der Waals surface area contributed by atoms with Crippen molar-refractivity contribution in [2.24, 2.45) is 0 Å². The maximum atomic E-state index is 12.9. The number of aliphatic hydroxyl groups is 2. The highest BCUT2D eigenvalue weighted by molar-refractivity contribution is 7.47. The highest BCUT2D eigenvalue weighted by atomic mass is 31.2. The predicted molar refractivity (Wildman–Crippen MR) is 390 cm³/mol. The summed E-state index contributed by atoms with van der Waals surface area (Å²) in [6, 6.07) is 0. The summed E-state index contributed by atoms with van der Waals surface area (Å²) in [7, 11) is -9.78. The molecule has 550 valence electrons. The van der Waals surface area contributed by atoms with E-state index in [0.717, 1.165) is 122 Å². The smallest absolute Gasteiger partial charge is 0.463 e. The second-order valence-electron chi connectivity index (χ2n) is 25.1. The SMILES string of the molecule is CCCCC/C=C\C/C=C\C/C=C\C/C=C\CCCCCCCCCCCCCC(=O)OCC(O)COP(=O)(O)OCC(O)COP(=O)(O)OCC(COC(=O)CCCCCCC/C=C\C/C=C\C/C=C\C/C=C\CCCCC)OC(=O)CCCCCCCCCCCCC. The zero-order chi connectivity index (χ0) is 69.5. The van der Waals surface area contributed by atoms with Gasteiger partial charge in [0.05, 0.1) is 26.4 Å². The third-order valence-electron chi connectivity index (χ3n) is 15.8. The van der Waals surface area contributed by atoms with Crippen LogP contribution in [0.3, 0.4) is 0 Å². The van der Waals surface area contributed by atoms with Gasteiger partial charge in [0, 0.05) is 19.3 Å². The number of esters is 3. The molecule has 5 unspecified atom stereocenters. The lowest BCUT2D eigenvalue weighted by molar-refractivity contribution is -0.161. The molecule has 95 heavy (non-hydrogen) atoms. The Balaban J connectivity index is 4.49. The number of hydrogen-bond acceptors (Lipinski definition) is 14. The molecule has 0 rings (SSSR count). The highest BCUT2D eigenvalue weighted by Gasteiger charge is 2.29. The lowest BCUT2D eigenvalue weighted by Gasteiger charge is -2.21. The van der Waals surface area contributed by atoms with Crippen LogP contribution in [-0.2, 0) is 55.8 Å². The van der Waals surface area contributed by atoms with Crippen LogP contribution in [0.25, 0.3) is 0 Å². The van der Waals surface area contributed by atoms with Crippen LogP contribution in [0.5, 0.6) is 0 Å². The minimum atomic E-state index is -4.93. The molecule has 0 aliphatic heterocycles. The molecule has 0 amide bonds. The van der Waals surface area contributed by atoms with Gasteiger partial charge >= 0.3 is 33.6 Å². The van der Waals surface area contributed by atoms with E-state index < -0.39 is 91.5 Å². The first-order valence-electron chi connectivity index (χ1n) is 37.5. The standard InChI is InChI=1S/C77H136O16P2/c1-4-7-10-13-16-19-22-24-26-28-30-32-33-34-35-36-37-39-41-42-44-46-49-51-54-57-60-63-75(80)87-66-72(78)67-89-94(83,84)90-68-73(79)69-91-95(85,86)92-71-74(93-77(82)65-62-59-56-53-48-21-18-15-12-9-6-3)70-88-76(81)64-61-58-55-52-50-47-45-43-40-38-31-29-27-25-23-20-17-14-11-8-5-2/h16-17,19-20,24-27,30-32,34-35,38,43,45,72-74,78-79H,4-15,18,21-23,28-29,33,36-37,39-42,44,46-71H2,1-3H3,(H,83,84)(H,85,86)/b19-16-,20-17-,26-24-,27-25-,32-30-,35-34-,38-31-,45-43-. The molecule has 18 heteroatoms. The van der Waals surface area contributed by atoms with Crippen LogP contribution in [0.1, 0.15) is 316 Å². The van der Waals surface area contributed by atoms with Crippen molar-refractivity contribution in [3.8, 4) is 0 Å². The number of allylic oxidation sites excluding steroid dienone is 16. The Labute approximate surface area is 578 Å². The van der Waals surface area contributed by atoms with E-state index in [0.29, 0.717) is 19.3 Å². The topological polar surface area (TPSA) is 231 Å². The molecule has 0 aliphatic carbocycles. The summed E-state index contributed by atoms with van der Waals surface area (Å²) in [6.07, 6.45) is 78.9. The van der Waals surface area contributed by atoms with E-state index in [1.54, 1.807) is 0 Å². The largest absolute Gasteiger partial charge is 0.472 e. The number of ether oxygens (including phenoxy) is 3. The van der Waals surface area contributed by atoms with Crippen molar-refractivity contribution in [3.05, 3.63) is 97.2 Å². The number of carbonyl (C=O) groups is 3. The van der Waals surface area contributed by atoms with E-state index in [4.69, 9.17) is 32.3 Å². The van der Waals surface area contributed by atoms with Crippen molar-refractivity contribution in [3.63, 3.8) is 0 Å². The number of unbranched alkanes of at least 4 members (excludes halogenated alkanes) is 32. The molecular formula is C77H136O16P2. The average Bonchev–Trinajstić information content (AvgIpc) is 3.10. The fourth-order valence-corrected chi connectivity index (χ4v) is 11.6. The van der Waals surface area contributed by atoms with Gasteiger partial charge in [-0.15, -0.1) is 0 Å². The molecule has 0 aromatic heterocycles. The van der Waals surface area contributed by atoms with Crippen LogP contribution in [0, 0.1) is 0 Å². The summed E-state index contributed by atoms with van der Waals surface area (Å²) in [6.45, 7) is 2.60. The van der Waals surface area contributed by atoms with Crippen molar-refractivity contribution < 1.29 is 75.8 Å². The van der Waals surface area contributed by atoms with E-state index >= 15 is 0 Å². The van der Waals surface area contributed by atoms with E-state index in [9.17, 15) is 43.5 Å². The number of carbonyl (C=O) groups excluding carboxylic acids is 3. The van der Waals surface area contributed by atoms with Gasteiger partial charge in [-0.25, -0.2) is 9.13 Å². The zero-order valence-corrected chi connectivity index (χ0v) is 61.6. The van der Waals surface area contributed by atoms with Gasteiger partial charge in [0.1, 0.15) is 25.4 Å². The van der Waals surface area contributed by atoms with Gasteiger partial charge in [-0.3, -0.25) is 32.5 Å². The van der Waals surface area contributed by atoms with Gasteiger partial charge < -0.3 is 34.2 Å². The molecule has 16 nitrogen and oxygen atoms in total. The molecule has 5 atom stereocenters. The molecule has 0 saturated carbocycles. The maximum absolute atomic E-state index is 12.9. The van der Waals surface area contributed by atoms with Crippen molar-refractivity contribution in [1.29, 1.82) is 0 Å². The second-order valence-corrected chi connectivity index (χ2v) is 28.0. The first-order chi connectivity index (χ1) is 46.2. The number of aliphatic hydroxyl groups excluding tert-OH is 2. The predicted octanol–water partition coefficient (Wildman–Crippen LogP) is 21.4. The maximum Gasteiger partial charge on any atom is 0.472 e. The zero-order valence-electron chi connectivity index (χ0n) is 59.8. The van der Waals surface area contributed by atoms with Crippen molar-refractivity contribution in [2.75, 3.05) is 39.6 Å². The molecule has 0 saturated heterocycles. The van der Waals surface area contributed by atoms with Crippen molar-refractivity contribution in [2.45, 2.75) is 334 Å². The minimum absolute atomic E-state index is 0.102. The average molecular weight is 1380 g/mol. The van der Waals surface area contributed by atoms with Crippen LogP contribution < -0.4 is 0 Å². The van der Waals surface area contributed by atoms with Gasteiger partial charge in [0.25, 0.3) is 0 Å². The number of rotatable bonds is 71. The lowest BCUT2D eigenvalue weighted by Crippen LogP contribution is -2.30. The number of phosphoric ester groups is 2. The Bertz CT molecular complexity index is 2120. The molecule has 0 aliphatic rings. The normalized spacial score (nSPS) is 14.6. The minimum Gasteiger partial charge on any atom is -0.463 e. The molecule has 0 radical (unpaired) electrons. The Hall–Kier alpha value is -3.53. The Morgan fingerprint density at radius 2 is 0.526 bits per heavy atom. The Morgan fingerprint density at radius 1 is 0.295 bits per heavy atom. The fourth-order valence-electron chi connectivity index (χ4n) is 10.0. The van der Waals surface area contributed by atoms with E-state index in [1.807, 2.05) is 0 Å².